The third-order valence-corrected chi connectivity index (χ3v) is 4.62. The number of carbonyl (C=O) groups excluding carboxylic acids is 1. The van der Waals surface area contributed by atoms with Crippen LogP contribution >= 0.6 is 15.9 Å². The zero-order valence-corrected chi connectivity index (χ0v) is 17.6. The highest BCUT2D eigenvalue weighted by molar-refractivity contribution is 9.10. The molecule has 6 heteroatoms. The van der Waals surface area contributed by atoms with Crippen LogP contribution in [0, 0.1) is 12.8 Å². The van der Waals surface area contributed by atoms with Gasteiger partial charge in [0, 0.05) is 16.4 Å². The van der Waals surface area contributed by atoms with Gasteiger partial charge in [0.25, 0.3) is 5.91 Å². The van der Waals surface area contributed by atoms with E-state index in [1.54, 1.807) is 0 Å². The number of halogens is 1. The second-order valence-corrected chi connectivity index (χ2v) is 7.89. The molecule has 0 radical (unpaired) electrons. The van der Waals surface area contributed by atoms with Crippen LogP contribution in [0.1, 0.15) is 42.5 Å². The molecule has 0 spiro atoms. The molecular weight excluding hydrogens is 406 g/mol. The minimum Gasteiger partial charge on any atom is -0.493 e. The predicted molar refractivity (Wildman–Crippen MR) is 112 cm³/mol. The van der Waals surface area contributed by atoms with Crippen LogP contribution in [0.4, 0.5) is 5.69 Å². The maximum atomic E-state index is 13.0. The third kappa shape index (κ3) is 4.33. The van der Waals surface area contributed by atoms with Gasteiger partial charge in [-0.3, -0.25) is 9.20 Å². The first-order chi connectivity index (χ1) is 12.9. The van der Waals surface area contributed by atoms with Crippen LogP contribution in [0.3, 0.4) is 0 Å². The summed E-state index contributed by atoms with van der Waals surface area (Å²) in [7, 11) is 0. The first-order valence-electron chi connectivity index (χ1n) is 9.10. The van der Waals surface area contributed by atoms with Crippen molar-refractivity contribution >= 4 is 33.2 Å². The van der Waals surface area contributed by atoms with Gasteiger partial charge in [0.05, 0.1) is 12.3 Å². The van der Waals surface area contributed by atoms with Gasteiger partial charge in [-0.1, -0.05) is 20.8 Å². The average molecular weight is 430 g/mol. The summed E-state index contributed by atoms with van der Waals surface area (Å²) in [6.45, 7) is 8.88. The normalized spacial score (nSPS) is 11.2. The van der Waals surface area contributed by atoms with Gasteiger partial charge >= 0.3 is 0 Å². The van der Waals surface area contributed by atoms with Gasteiger partial charge in [0.2, 0.25) is 0 Å². The summed E-state index contributed by atoms with van der Waals surface area (Å²) < 4.78 is 8.45. The second kappa shape index (κ2) is 8.13. The van der Waals surface area contributed by atoms with E-state index in [2.05, 4.69) is 40.1 Å². The number of nitrogens with one attached hydrogen (secondary N) is 1. The summed E-state index contributed by atoms with van der Waals surface area (Å²) in [6, 6.07) is 9.44. The largest absolute Gasteiger partial charge is 0.493 e. The zero-order valence-electron chi connectivity index (χ0n) is 16.0. The molecule has 2 heterocycles. The number of carbonyl (C=O) groups is 1. The van der Waals surface area contributed by atoms with Crippen LogP contribution in [0.2, 0.25) is 0 Å². The highest BCUT2D eigenvalue weighted by Gasteiger charge is 2.19. The Morgan fingerprint density at radius 2 is 2.00 bits per heavy atom. The van der Waals surface area contributed by atoms with E-state index in [9.17, 15) is 4.79 Å². The van der Waals surface area contributed by atoms with Crippen molar-refractivity contribution in [3.8, 4) is 5.75 Å². The molecule has 0 saturated carbocycles. The highest BCUT2D eigenvalue weighted by Crippen LogP contribution is 2.23. The number of imidazole rings is 1. The standard InChI is InChI=1S/C21H24BrN3O2/c1-5-18-19(25-11-15(22)10-14(4)20(25)24-18)21(26)23-16-6-8-17(9-7-16)27-12-13(2)3/h6-11,13H,5,12H2,1-4H3,(H,23,26). The van der Waals surface area contributed by atoms with E-state index >= 15 is 0 Å². The lowest BCUT2D eigenvalue weighted by Crippen LogP contribution is -2.16. The maximum absolute atomic E-state index is 13.0. The van der Waals surface area contributed by atoms with E-state index in [1.807, 2.05) is 54.8 Å². The second-order valence-electron chi connectivity index (χ2n) is 6.98. The van der Waals surface area contributed by atoms with Crippen molar-refractivity contribution in [2.24, 2.45) is 5.92 Å². The molecule has 0 aliphatic carbocycles. The molecular formula is C21H24BrN3O2. The van der Waals surface area contributed by atoms with Gasteiger partial charge in [-0.2, -0.15) is 0 Å². The van der Waals surface area contributed by atoms with Crippen LogP contribution in [0.5, 0.6) is 5.75 Å². The molecule has 1 N–H and O–H groups in total. The van der Waals surface area contributed by atoms with Crippen molar-refractivity contribution in [3.63, 3.8) is 0 Å². The Balaban J connectivity index is 1.86. The SMILES string of the molecule is CCc1nc2c(C)cc(Br)cn2c1C(=O)Nc1ccc(OCC(C)C)cc1. The Bertz CT molecular complexity index is 962. The maximum Gasteiger partial charge on any atom is 0.274 e. The van der Waals surface area contributed by atoms with Gasteiger partial charge in [0.1, 0.15) is 17.1 Å². The highest BCUT2D eigenvalue weighted by atomic mass is 79.9. The van der Waals surface area contributed by atoms with Crippen molar-refractivity contribution in [2.75, 3.05) is 11.9 Å². The molecule has 0 aliphatic rings. The number of fused-ring (bicyclic) bond motifs is 1. The molecule has 2 aromatic heterocycles. The summed E-state index contributed by atoms with van der Waals surface area (Å²) >= 11 is 3.50. The first-order valence-corrected chi connectivity index (χ1v) is 9.89. The van der Waals surface area contributed by atoms with Crippen molar-refractivity contribution in [1.29, 1.82) is 0 Å². The lowest BCUT2D eigenvalue weighted by molar-refractivity contribution is 0.102. The fourth-order valence-electron chi connectivity index (χ4n) is 2.89. The number of amides is 1. The smallest absolute Gasteiger partial charge is 0.274 e. The number of ether oxygens (including phenoxy) is 1. The third-order valence-electron chi connectivity index (χ3n) is 4.19. The van der Waals surface area contributed by atoms with Crippen LogP contribution in [0.25, 0.3) is 5.65 Å². The summed E-state index contributed by atoms with van der Waals surface area (Å²) in [5.41, 5.74) is 3.89. The molecule has 0 fully saturated rings. The van der Waals surface area contributed by atoms with Crippen LogP contribution in [-0.4, -0.2) is 21.9 Å². The number of benzene rings is 1. The van der Waals surface area contributed by atoms with Crippen molar-refractivity contribution < 1.29 is 9.53 Å². The molecule has 0 atom stereocenters. The molecule has 3 aromatic rings. The van der Waals surface area contributed by atoms with Gasteiger partial charge in [0.15, 0.2) is 0 Å². The average Bonchev–Trinajstić information content (AvgIpc) is 3.00. The fraction of sp³-hybridized carbons (Fsp3) is 0.333. The summed E-state index contributed by atoms with van der Waals surface area (Å²) in [5.74, 6) is 1.09. The van der Waals surface area contributed by atoms with Crippen LogP contribution in [-0.2, 0) is 6.42 Å². The number of rotatable bonds is 6. The number of hydrogen-bond acceptors (Lipinski definition) is 3. The number of pyridine rings is 1. The van der Waals surface area contributed by atoms with Gasteiger partial charge in [-0.05, 0) is 71.1 Å². The molecule has 142 valence electrons. The number of aromatic nitrogens is 2. The van der Waals surface area contributed by atoms with E-state index in [1.165, 1.54) is 0 Å². The molecule has 1 aromatic carbocycles. The predicted octanol–water partition coefficient (Wildman–Crippen LogP) is 5.25. The van der Waals surface area contributed by atoms with E-state index < -0.39 is 0 Å². The lowest BCUT2D eigenvalue weighted by atomic mass is 10.2. The topological polar surface area (TPSA) is 55.6 Å². The molecule has 3 rings (SSSR count). The van der Waals surface area contributed by atoms with Crippen molar-refractivity contribution in [1.82, 2.24) is 9.38 Å². The summed E-state index contributed by atoms with van der Waals surface area (Å²) in [4.78, 5) is 17.6. The monoisotopic (exact) mass is 429 g/mol. The molecule has 5 nitrogen and oxygen atoms in total. The fourth-order valence-corrected chi connectivity index (χ4v) is 3.44. The number of hydrogen-bond donors (Lipinski definition) is 1. The van der Waals surface area contributed by atoms with Crippen molar-refractivity contribution in [3.05, 3.63) is 58.0 Å². The van der Waals surface area contributed by atoms with Crippen molar-refractivity contribution in [2.45, 2.75) is 34.1 Å². The van der Waals surface area contributed by atoms with Gasteiger partial charge < -0.3 is 10.1 Å². The van der Waals surface area contributed by atoms with Gasteiger partial charge in [-0.25, -0.2) is 4.98 Å². The Labute approximate surface area is 167 Å². The molecule has 1 amide bonds. The Kier molecular flexibility index (Phi) is 5.85. The Morgan fingerprint density at radius 1 is 1.30 bits per heavy atom. The summed E-state index contributed by atoms with van der Waals surface area (Å²) in [5, 5.41) is 2.97. The molecule has 27 heavy (non-hydrogen) atoms. The quantitative estimate of drug-likeness (QED) is 0.581. The Hall–Kier alpha value is -2.34. The van der Waals surface area contributed by atoms with Crippen LogP contribution < -0.4 is 10.1 Å². The minimum absolute atomic E-state index is 0.173. The molecule has 0 saturated heterocycles. The number of aryl methyl sites for hydroxylation is 2. The molecule has 0 aliphatic heterocycles. The number of anilines is 1. The van der Waals surface area contributed by atoms with E-state index in [4.69, 9.17) is 4.74 Å². The molecule has 0 unspecified atom stereocenters. The van der Waals surface area contributed by atoms with E-state index in [-0.39, 0.29) is 5.91 Å². The van der Waals surface area contributed by atoms with Gasteiger partial charge in [-0.15, -0.1) is 0 Å². The zero-order chi connectivity index (χ0) is 19.6. The molecule has 0 bridgehead atoms. The van der Waals surface area contributed by atoms with E-state index in [0.717, 1.165) is 32.8 Å². The minimum atomic E-state index is -0.173. The first kappa shape index (κ1) is 19.4. The summed E-state index contributed by atoms with van der Waals surface area (Å²) in [6.07, 6.45) is 2.57. The number of nitrogens with zero attached hydrogens (tertiary/aromatic N) is 2. The lowest BCUT2D eigenvalue weighted by Gasteiger charge is -2.10. The Morgan fingerprint density at radius 3 is 2.63 bits per heavy atom. The van der Waals surface area contributed by atoms with E-state index in [0.29, 0.717) is 24.6 Å². The van der Waals surface area contributed by atoms with Crippen LogP contribution in [0.15, 0.2) is 41.0 Å².